The fraction of sp³-hybridized carbons (Fsp3) is 0.214. The summed E-state index contributed by atoms with van der Waals surface area (Å²) in [5.41, 5.74) is 5.05. The Balaban J connectivity index is 2.23. The Bertz CT molecular complexity index is 624. The van der Waals surface area contributed by atoms with Crippen molar-refractivity contribution in [1.29, 1.82) is 0 Å². The molecule has 0 radical (unpaired) electrons. The molecule has 0 fully saturated rings. The molecule has 0 saturated heterocycles. The number of carbonyl (C=O) groups is 1. The van der Waals surface area contributed by atoms with Crippen LogP contribution < -0.4 is 5.43 Å². The molecular formula is C14H15N5O. The van der Waals surface area contributed by atoms with Crippen LogP contribution >= 0.6 is 0 Å². The molecule has 1 N–H and O–H groups in total. The van der Waals surface area contributed by atoms with E-state index in [2.05, 4.69) is 25.7 Å². The maximum absolute atomic E-state index is 11.0. The topological polar surface area (TPSA) is 80.1 Å². The highest BCUT2D eigenvalue weighted by Gasteiger charge is 2.07. The van der Waals surface area contributed by atoms with E-state index in [1.165, 1.54) is 13.3 Å². The second-order valence-corrected chi connectivity index (χ2v) is 4.36. The molecule has 1 aromatic heterocycles. The minimum absolute atomic E-state index is 0.0668. The molecule has 102 valence electrons. The molecule has 0 aliphatic rings. The van der Waals surface area contributed by atoms with Crippen molar-refractivity contribution in [2.45, 2.75) is 20.3 Å². The second-order valence-electron chi connectivity index (χ2n) is 4.36. The highest BCUT2D eigenvalue weighted by atomic mass is 16.1. The minimum Gasteiger partial charge on any atom is -0.300 e. The first kappa shape index (κ1) is 13.8. The predicted molar refractivity (Wildman–Crippen MR) is 77.3 cm³/mol. The van der Waals surface area contributed by atoms with Gasteiger partial charge in [0, 0.05) is 17.7 Å². The minimum atomic E-state index is 0.0668. The van der Waals surface area contributed by atoms with Crippen molar-refractivity contribution in [1.82, 2.24) is 15.2 Å². The quantitative estimate of drug-likeness (QED) is 0.665. The number of ketones is 1. The maximum Gasteiger partial charge on any atom is 0.176 e. The van der Waals surface area contributed by atoms with E-state index in [4.69, 9.17) is 0 Å². The first-order valence-corrected chi connectivity index (χ1v) is 6.18. The Morgan fingerprint density at radius 2 is 2.00 bits per heavy atom. The van der Waals surface area contributed by atoms with Gasteiger partial charge in [0.1, 0.15) is 17.8 Å². The van der Waals surface area contributed by atoms with Crippen LogP contribution in [0.1, 0.15) is 20.3 Å². The van der Waals surface area contributed by atoms with Crippen molar-refractivity contribution in [3.8, 4) is 11.3 Å². The molecule has 1 heterocycles. The maximum atomic E-state index is 11.0. The average molecular weight is 269 g/mol. The van der Waals surface area contributed by atoms with Gasteiger partial charge in [0.25, 0.3) is 0 Å². The van der Waals surface area contributed by atoms with Gasteiger partial charge in [0.15, 0.2) is 5.82 Å². The normalized spacial score (nSPS) is 11.2. The summed E-state index contributed by atoms with van der Waals surface area (Å²) in [6, 6.07) is 9.59. The Labute approximate surface area is 117 Å². The zero-order chi connectivity index (χ0) is 14.4. The predicted octanol–water partition coefficient (Wildman–Crippen LogP) is 2.31. The van der Waals surface area contributed by atoms with Crippen LogP contribution in [-0.4, -0.2) is 26.7 Å². The third kappa shape index (κ3) is 3.68. The van der Waals surface area contributed by atoms with Gasteiger partial charge < -0.3 is 0 Å². The third-order valence-electron chi connectivity index (χ3n) is 2.53. The lowest BCUT2D eigenvalue weighted by Crippen LogP contribution is -2.05. The van der Waals surface area contributed by atoms with Crippen molar-refractivity contribution in [2.24, 2.45) is 5.10 Å². The standard InChI is InChI=1S/C14H15N5O/c1-10(8-11(2)20)17-19-14-13(18-16-9-15-14)12-6-4-3-5-7-12/h3-7,9H,8H2,1-2H3,(H,15,16,19). The molecular weight excluding hydrogens is 254 g/mol. The van der Waals surface area contributed by atoms with E-state index >= 15 is 0 Å². The van der Waals surface area contributed by atoms with E-state index in [0.717, 1.165) is 5.56 Å². The van der Waals surface area contributed by atoms with Crippen molar-refractivity contribution in [3.63, 3.8) is 0 Å². The molecule has 0 atom stereocenters. The summed E-state index contributed by atoms with van der Waals surface area (Å²) in [6.07, 6.45) is 1.66. The van der Waals surface area contributed by atoms with Crippen LogP contribution in [0.4, 0.5) is 5.82 Å². The van der Waals surface area contributed by atoms with Gasteiger partial charge in [0.05, 0.1) is 0 Å². The molecule has 0 saturated carbocycles. The zero-order valence-corrected chi connectivity index (χ0v) is 11.4. The molecule has 2 aromatic rings. The lowest BCUT2D eigenvalue weighted by Gasteiger charge is -2.06. The number of hydrogen-bond donors (Lipinski definition) is 1. The lowest BCUT2D eigenvalue weighted by molar-refractivity contribution is -0.115. The molecule has 20 heavy (non-hydrogen) atoms. The van der Waals surface area contributed by atoms with Gasteiger partial charge >= 0.3 is 0 Å². The van der Waals surface area contributed by atoms with Gasteiger partial charge in [-0.1, -0.05) is 30.3 Å². The first-order chi connectivity index (χ1) is 9.66. The fourth-order valence-corrected chi connectivity index (χ4v) is 1.70. The summed E-state index contributed by atoms with van der Waals surface area (Å²) in [6.45, 7) is 3.31. The van der Waals surface area contributed by atoms with Crippen LogP contribution in [0.25, 0.3) is 11.3 Å². The Kier molecular flexibility index (Phi) is 4.49. The van der Waals surface area contributed by atoms with Crippen molar-refractivity contribution in [2.75, 3.05) is 5.43 Å². The zero-order valence-electron chi connectivity index (χ0n) is 11.4. The summed E-state index contributed by atoms with van der Waals surface area (Å²) >= 11 is 0. The number of nitrogens with one attached hydrogen (secondary N) is 1. The van der Waals surface area contributed by atoms with Gasteiger partial charge in [-0.05, 0) is 13.8 Å². The summed E-state index contributed by atoms with van der Waals surface area (Å²) in [5, 5.41) is 12.0. The Hall–Kier alpha value is -2.63. The van der Waals surface area contributed by atoms with Gasteiger partial charge in [-0.25, -0.2) is 4.98 Å². The Morgan fingerprint density at radius 1 is 1.25 bits per heavy atom. The summed E-state index contributed by atoms with van der Waals surface area (Å²) < 4.78 is 0. The van der Waals surface area contributed by atoms with Gasteiger partial charge in [-0.2, -0.15) is 5.10 Å². The number of hydrogen-bond acceptors (Lipinski definition) is 6. The number of carbonyl (C=O) groups excluding carboxylic acids is 1. The van der Waals surface area contributed by atoms with E-state index in [1.54, 1.807) is 6.92 Å². The summed E-state index contributed by atoms with van der Waals surface area (Å²) in [4.78, 5) is 15.1. The molecule has 0 aliphatic heterocycles. The third-order valence-corrected chi connectivity index (χ3v) is 2.53. The summed E-state index contributed by atoms with van der Waals surface area (Å²) in [7, 11) is 0. The number of hydrazone groups is 1. The number of benzene rings is 1. The SMILES string of the molecule is CC(=O)CC(C)=NNc1ncnnc1-c1ccccc1. The average Bonchev–Trinajstić information content (AvgIpc) is 2.46. The molecule has 0 spiro atoms. The molecule has 0 bridgehead atoms. The number of anilines is 1. The lowest BCUT2D eigenvalue weighted by atomic mass is 10.1. The molecule has 6 nitrogen and oxygen atoms in total. The fourth-order valence-electron chi connectivity index (χ4n) is 1.70. The highest BCUT2D eigenvalue weighted by molar-refractivity contribution is 6.00. The van der Waals surface area contributed by atoms with E-state index in [-0.39, 0.29) is 5.78 Å². The molecule has 6 heteroatoms. The molecule has 0 amide bonds. The number of Topliss-reactive ketones (excluding diaryl/α,β-unsaturated/α-hetero) is 1. The van der Waals surface area contributed by atoms with E-state index in [1.807, 2.05) is 30.3 Å². The van der Waals surface area contributed by atoms with Gasteiger partial charge in [0.2, 0.25) is 0 Å². The largest absolute Gasteiger partial charge is 0.300 e. The first-order valence-electron chi connectivity index (χ1n) is 6.18. The van der Waals surface area contributed by atoms with E-state index in [0.29, 0.717) is 23.6 Å². The highest BCUT2D eigenvalue weighted by Crippen LogP contribution is 2.22. The number of aromatic nitrogens is 3. The van der Waals surface area contributed by atoms with Crippen LogP contribution in [-0.2, 0) is 4.79 Å². The molecule has 1 aromatic carbocycles. The van der Waals surface area contributed by atoms with Crippen LogP contribution in [0.15, 0.2) is 41.8 Å². The Morgan fingerprint density at radius 3 is 2.70 bits per heavy atom. The monoisotopic (exact) mass is 269 g/mol. The van der Waals surface area contributed by atoms with Crippen LogP contribution in [0.5, 0.6) is 0 Å². The smallest absolute Gasteiger partial charge is 0.176 e. The van der Waals surface area contributed by atoms with Crippen LogP contribution in [0.3, 0.4) is 0 Å². The van der Waals surface area contributed by atoms with Gasteiger partial charge in [-0.3, -0.25) is 10.2 Å². The van der Waals surface area contributed by atoms with Gasteiger partial charge in [-0.15, -0.1) is 10.2 Å². The molecule has 2 rings (SSSR count). The molecule has 0 unspecified atom stereocenters. The van der Waals surface area contributed by atoms with Crippen LogP contribution in [0, 0.1) is 0 Å². The van der Waals surface area contributed by atoms with Crippen molar-refractivity contribution in [3.05, 3.63) is 36.7 Å². The summed E-state index contributed by atoms with van der Waals surface area (Å²) in [5.74, 6) is 0.575. The molecule has 0 aliphatic carbocycles. The number of nitrogens with zero attached hydrogens (tertiary/aromatic N) is 4. The van der Waals surface area contributed by atoms with E-state index < -0.39 is 0 Å². The van der Waals surface area contributed by atoms with E-state index in [9.17, 15) is 4.79 Å². The number of rotatable bonds is 5. The van der Waals surface area contributed by atoms with Crippen LogP contribution in [0.2, 0.25) is 0 Å². The van der Waals surface area contributed by atoms with Crippen molar-refractivity contribution < 1.29 is 4.79 Å². The second kappa shape index (κ2) is 6.51. The van der Waals surface area contributed by atoms with Crippen molar-refractivity contribution >= 4 is 17.3 Å².